The van der Waals surface area contributed by atoms with Gasteiger partial charge < -0.3 is 15.5 Å². The fourth-order valence-electron chi connectivity index (χ4n) is 3.52. The molecule has 0 aliphatic carbocycles. The fourth-order valence-corrected chi connectivity index (χ4v) is 3.52. The van der Waals surface area contributed by atoms with Crippen LogP contribution in [0.1, 0.15) is 44.7 Å². The van der Waals surface area contributed by atoms with Gasteiger partial charge in [-0.1, -0.05) is 38.1 Å². The smallest absolute Gasteiger partial charge is 0.191 e. The van der Waals surface area contributed by atoms with Gasteiger partial charge in [-0.15, -0.1) is 24.0 Å². The zero-order valence-electron chi connectivity index (χ0n) is 17.5. The summed E-state index contributed by atoms with van der Waals surface area (Å²) < 4.78 is 0. The third kappa shape index (κ3) is 8.35. The van der Waals surface area contributed by atoms with E-state index < -0.39 is 0 Å². The Morgan fingerprint density at radius 2 is 2.00 bits per heavy atom. The molecule has 1 saturated heterocycles. The third-order valence-electron chi connectivity index (χ3n) is 5.16. The van der Waals surface area contributed by atoms with Gasteiger partial charge in [0.2, 0.25) is 0 Å². The minimum absolute atomic E-state index is 0. The van der Waals surface area contributed by atoms with E-state index in [0.717, 1.165) is 38.7 Å². The van der Waals surface area contributed by atoms with E-state index in [1.165, 1.54) is 30.5 Å². The Balaban J connectivity index is 0.00000364. The lowest BCUT2D eigenvalue weighted by atomic mass is 10.1. The normalized spacial score (nSPS) is 17.8. The number of nitrogens with one attached hydrogen (secondary N) is 2. The van der Waals surface area contributed by atoms with E-state index in [1.54, 1.807) is 0 Å². The maximum atomic E-state index is 4.80. The first-order valence-electron chi connectivity index (χ1n) is 10.2. The molecule has 6 heteroatoms. The zero-order valence-corrected chi connectivity index (χ0v) is 19.8. The molecule has 2 N–H and O–H groups in total. The summed E-state index contributed by atoms with van der Waals surface area (Å²) in [6, 6.07) is 9.41. The van der Waals surface area contributed by atoms with E-state index >= 15 is 0 Å². The van der Waals surface area contributed by atoms with Crippen LogP contribution in [-0.4, -0.2) is 61.6 Å². The lowest BCUT2D eigenvalue weighted by Crippen LogP contribution is -2.44. The van der Waals surface area contributed by atoms with E-state index in [4.69, 9.17) is 4.99 Å². The second-order valence-electron chi connectivity index (χ2n) is 7.15. The van der Waals surface area contributed by atoms with Crippen molar-refractivity contribution in [2.24, 2.45) is 4.99 Å². The van der Waals surface area contributed by atoms with E-state index in [0.29, 0.717) is 12.6 Å². The topological polar surface area (TPSA) is 42.9 Å². The molecule has 1 heterocycles. The van der Waals surface area contributed by atoms with Crippen molar-refractivity contribution in [3.05, 3.63) is 35.4 Å². The number of hydrogen-bond donors (Lipinski definition) is 2. The maximum Gasteiger partial charge on any atom is 0.191 e. The van der Waals surface area contributed by atoms with Crippen molar-refractivity contribution in [1.29, 1.82) is 0 Å². The van der Waals surface area contributed by atoms with E-state index in [1.807, 2.05) is 0 Å². The molecule has 154 valence electrons. The van der Waals surface area contributed by atoms with Crippen LogP contribution in [0.2, 0.25) is 0 Å². The van der Waals surface area contributed by atoms with Gasteiger partial charge in [0.25, 0.3) is 0 Å². The second-order valence-corrected chi connectivity index (χ2v) is 7.15. The van der Waals surface area contributed by atoms with Crippen molar-refractivity contribution in [2.45, 2.75) is 52.7 Å². The van der Waals surface area contributed by atoms with Crippen LogP contribution in [0.5, 0.6) is 0 Å². The van der Waals surface area contributed by atoms with Gasteiger partial charge in [-0.2, -0.15) is 0 Å². The summed E-state index contributed by atoms with van der Waals surface area (Å²) in [5, 5.41) is 6.92. The Kier molecular flexibility index (Phi) is 11.9. The average Bonchev–Trinajstić information content (AvgIpc) is 3.11. The molecular weight excluding hydrogens is 449 g/mol. The van der Waals surface area contributed by atoms with Crippen LogP contribution < -0.4 is 10.6 Å². The van der Waals surface area contributed by atoms with Crippen LogP contribution in [0.25, 0.3) is 0 Å². The van der Waals surface area contributed by atoms with Crippen molar-refractivity contribution >= 4 is 29.9 Å². The van der Waals surface area contributed by atoms with E-state index in [-0.39, 0.29) is 24.0 Å². The molecule has 0 amide bonds. The van der Waals surface area contributed by atoms with E-state index in [2.05, 4.69) is 72.5 Å². The van der Waals surface area contributed by atoms with Crippen LogP contribution in [0.3, 0.4) is 0 Å². The highest BCUT2D eigenvalue weighted by atomic mass is 127. The Bertz CT molecular complexity index is 563. The molecule has 1 aliphatic heterocycles. The molecule has 0 radical (unpaired) electrons. The Morgan fingerprint density at radius 1 is 1.22 bits per heavy atom. The Morgan fingerprint density at radius 3 is 2.70 bits per heavy atom. The number of halogens is 1. The minimum atomic E-state index is 0. The summed E-state index contributed by atoms with van der Waals surface area (Å²) in [4.78, 5) is 9.67. The van der Waals surface area contributed by atoms with Crippen molar-refractivity contribution < 1.29 is 0 Å². The molecule has 2 rings (SSSR count). The molecule has 0 aromatic heterocycles. The minimum Gasteiger partial charge on any atom is -0.357 e. The fraction of sp³-hybridized carbons (Fsp3) is 0.667. The van der Waals surface area contributed by atoms with Crippen molar-refractivity contribution in [1.82, 2.24) is 20.4 Å². The standard InChI is InChI=1S/C21H37N5.HI/c1-5-22-21(24-16-20-12-9-13-26(20)7-3)23-15-18-10-8-11-19(14-18)17-25(4)6-2;/h8,10-11,14,20H,5-7,9,12-13,15-17H2,1-4H3,(H2,22,23,24);1H. The predicted molar refractivity (Wildman–Crippen MR) is 127 cm³/mol. The van der Waals surface area contributed by atoms with Gasteiger partial charge in [-0.25, -0.2) is 4.99 Å². The summed E-state index contributed by atoms with van der Waals surface area (Å²) >= 11 is 0. The first-order valence-corrected chi connectivity index (χ1v) is 10.2. The molecule has 1 aliphatic rings. The number of rotatable bonds is 9. The van der Waals surface area contributed by atoms with Crippen LogP contribution in [0.4, 0.5) is 0 Å². The van der Waals surface area contributed by atoms with Crippen molar-refractivity contribution in [3.8, 4) is 0 Å². The molecule has 1 atom stereocenters. The molecule has 1 aromatic rings. The van der Waals surface area contributed by atoms with Gasteiger partial charge in [-0.05, 0) is 57.6 Å². The highest BCUT2D eigenvalue weighted by molar-refractivity contribution is 14.0. The highest BCUT2D eigenvalue weighted by Crippen LogP contribution is 2.15. The Labute approximate surface area is 183 Å². The number of guanidine groups is 1. The van der Waals surface area contributed by atoms with Crippen molar-refractivity contribution in [2.75, 3.05) is 39.8 Å². The molecule has 1 aromatic carbocycles. The van der Waals surface area contributed by atoms with Crippen LogP contribution >= 0.6 is 24.0 Å². The SMILES string of the molecule is CCNC(=NCc1cccc(CN(C)CC)c1)NCC1CCCN1CC.I. The van der Waals surface area contributed by atoms with Crippen molar-refractivity contribution in [3.63, 3.8) is 0 Å². The Hall–Kier alpha value is -0.860. The van der Waals surface area contributed by atoms with E-state index in [9.17, 15) is 0 Å². The lowest BCUT2D eigenvalue weighted by molar-refractivity contribution is 0.267. The molecule has 0 saturated carbocycles. The lowest BCUT2D eigenvalue weighted by Gasteiger charge is -2.24. The monoisotopic (exact) mass is 487 g/mol. The van der Waals surface area contributed by atoms with Gasteiger partial charge in [0.05, 0.1) is 6.54 Å². The number of aliphatic imine (C=N–C) groups is 1. The number of benzene rings is 1. The predicted octanol–water partition coefficient (Wildman–Crippen LogP) is 3.30. The number of likely N-dealkylation sites (N-methyl/N-ethyl adjacent to an activating group) is 1. The second kappa shape index (κ2) is 13.3. The summed E-state index contributed by atoms with van der Waals surface area (Å²) in [6.07, 6.45) is 2.60. The summed E-state index contributed by atoms with van der Waals surface area (Å²) in [5.41, 5.74) is 2.62. The van der Waals surface area contributed by atoms with Gasteiger partial charge in [0.15, 0.2) is 5.96 Å². The average molecular weight is 487 g/mol. The van der Waals surface area contributed by atoms with Crippen LogP contribution in [-0.2, 0) is 13.1 Å². The molecule has 5 nitrogen and oxygen atoms in total. The highest BCUT2D eigenvalue weighted by Gasteiger charge is 2.22. The van der Waals surface area contributed by atoms with Gasteiger partial charge in [0, 0.05) is 25.7 Å². The molecule has 0 bridgehead atoms. The molecular formula is C21H38IN5. The molecule has 1 fully saturated rings. The largest absolute Gasteiger partial charge is 0.357 e. The quantitative estimate of drug-likeness (QED) is 0.319. The number of likely N-dealkylation sites (tertiary alicyclic amines) is 1. The number of nitrogens with zero attached hydrogens (tertiary/aromatic N) is 3. The number of hydrogen-bond acceptors (Lipinski definition) is 3. The summed E-state index contributed by atoms with van der Waals surface area (Å²) in [7, 11) is 2.15. The zero-order chi connectivity index (χ0) is 18.8. The maximum absolute atomic E-state index is 4.80. The molecule has 0 spiro atoms. The van der Waals surface area contributed by atoms with Gasteiger partial charge in [-0.3, -0.25) is 4.90 Å². The first-order chi connectivity index (χ1) is 12.7. The third-order valence-corrected chi connectivity index (χ3v) is 5.16. The van der Waals surface area contributed by atoms with Crippen LogP contribution in [0, 0.1) is 0 Å². The molecule has 1 unspecified atom stereocenters. The van der Waals surface area contributed by atoms with Gasteiger partial charge >= 0.3 is 0 Å². The summed E-state index contributed by atoms with van der Waals surface area (Å²) in [5.74, 6) is 0.923. The molecule has 27 heavy (non-hydrogen) atoms. The van der Waals surface area contributed by atoms with Gasteiger partial charge in [0.1, 0.15) is 0 Å². The first kappa shape index (κ1) is 24.2. The summed E-state index contributed by atoms with van der Waals surface area (Å²) in [6.45, 7) is 13.5. The van der Waals surface area contributed by atoms with Crippen LogP contribution in [0.15, 0.2) is 29.3 Å².